The SMILES string of the molecule is CCNC(=NCC(c1ccc(F)cc1)N1CCOCC1)NCCc1ccccn1.I. The van der Waals surface area contributed by atoms with E-state index in [9.17, 15) is 4.39 Å². The zero-order chi connectivity index (χ0) is 20.3. The number of nitrogens with zero attached hydrogens (tertiary/aromatic N) is 3. The first-order chi connectivity index (χ1) is 14.3. The second-order valence-corrected chi connectivity index (χ2v) is 6.93. The molecular formula is C22H31FIN5O. The minimum atomic E-state index is -0.220. The molecule has 0 aliphatic carbocycles. The number of rotatable bonds is 8. The molecule has 1 aliphatic rings. The van der Waals surface area contributed by atoms with E-state index in [1.165, 1.54) is 12.1 Å². The second kappa shape index (κ2) is 13.5. The third-order valence-electron chi connectivity index (χ3n) is 4.91. The van der Waals surface area contributed by atoms with Crippen molar-refractivity contribution in [1.82, 2.24) is 20.5 Å². The van der Waals surface area contributed by atoms with Crippen molar-refractivity contribution in [2.45, 2.75) is 19.4 Å². The van der Waals surface area contributed by atoms with E-state index < -0.39 is 0 Å². The summed E-state index contributed by atoms with van der Waals surface area (Å²) < 4.78 is 18.9. The number of aromatic nitrogens is 1. The first kappa shape index (κ1) is 24.5. The van der Waals surface area contributed by atoms with Crippen molar-refractivity contribution >= 4 is 29.9 Å². The first-order valence-corrected chi connectivity index (χ1v) is 10.3. The third kappa shape index (κ3) is 7.81. The van der Waals surface area contributed by atoms with Crippen LogP contribution in [0.3, 0.4) is 0 Å². The molecule has 1 fully saturated rings. The molecule has 30 heavy (non-hydrogen) atoms. The van der Waals surface area contributed by atoms with Crippen LogP contribution >= 0.6 is 24.0 Å². The van der Waals surface area contributed by atoms with Gasteiger partial charge in [0.05, 0.1) is 25.8 Å². The summed E-state index contributed by atoms with van der Waals surface area (Å²) in [4.78, 5) is 11.5. The van der Waals surface area contributed by atoms with E-state index >= 15 is 0 Å². The Morgan fingerprint density at radius 3 is 2.60 bits per heavy atom. The molecule has 2 aromatic rings. The third-order valence-corrected chi connectivity index (χ3v) is 4.91. The lowest BCUT2D eigenvalue weighted by Gasteiger charge is -2.34. The molecule has 3 rings (SSSR count). The van der Waals surface area contributed by atoms with E-state index in [-0.39, 0.29) is 35.8 Å². The van der Waals surface area contributed by atoms with Gasteiger partial charge in [0.1, 0.15) is 5.82 Å². The maximum absolute atomic E-state index is 13.4. The average molecular weight is 527 g/mol. The number of morpholine rings is 1. The Kier molecular flexibility index (Phi) is 11.0. The lowest BCUT2D eigenvalue weighted by Crippen LogP contribution is -2.42. The van der Waals surface area contributed by atoms with Gasteiger partial charge in [-0.05, 0) is 36.8 Å². The summed E-state index contributed by atoms with van der Waals surface area (Å²) in [5.74, 6) is 0.561. The number of hydrogen-bond donors (Lipinski definition) is 2. The average Bonchev–Trinajstić information content (AvgIpc) is 2.76. The summed E-state index contributed by atoms with van der Waals surface area (Å²) in [5.41, 5.74) is 2.12. The maximum Gasteiger partial charge on any atom is 0.191 e. The van der Waals surface area contributed by atoms with E-state index in [0.717, 1.165) is 49.8 Å². The molecule has 0 saturated carbocycles. The summed E-state index contributed by atoms with van der Waals surface area (Å²) in [7, 11) is 0. The number of pyridine rings is 1. The zero-order valence-electron chi connectivity index (χ0n) is 17.4. The van der Waals surface area contributed by atoms with Crippen molar-refractivity contribution in [3.05, 3.63) is 65.7 Å². The Bertz CT molecular complexity index is 754. The van der Waals surface area contributed by atoms with E-state index in [1.807, 2.05) is 36.5 Å². The topological polar surface area (TPSA) is 61.8 Å². The largest absolute Gasteiger partial charge is 0.379 e. The number of benzene rings is 1. The van der Waals surface area contributed by atoms with Gasteiger partial charge in [-0.1, -0.05) is 18.2 Å². The molecule has 0 radical (unpaired) electrons. The Labute approximate surface area is 195 Å². The molecule has 0 bridgehead atoms. The summed E-state index contributed by atoms with van der Waals surface area (Å²) in [6.07, 6.45) is 2.64. The monoisotopic (exact) mass is 527 g/mol. The predicted molar refractivity (Wildman–Crippen MR) is 129 cm³/mol. The van der Waals surface area contributed by atoms with Crippen molar-refractivity contribution in [2.75, 3.05) is 45.9 Å². The zero-order valence-corrected chi connectivity index (χ0v) is 19.7. The quantitative estimate of drug-likeness (QED) is 0.314. The van der Waals surface area contributed by atoms with Crippen LogP contribution in [0.2, 0.25) is 0 Å². The lowest BCUT2D eigenvalue weighted by atomic mass is 10.0. The summed E-state index contributed by atoms with van der Waals surface area (Å²) >= 11 is 0. The van der Waals surface area contributed by atoms with E-state index in [2.05, 4.69) is 27.4 Å². The molecule has 8 heteroatoms. The number of nitrogens with one attached hydrogen (secondary N) is 2. The van der Waals surface area contributed by atoms with Crippen LogP contribution in [0, 0.1) is 5.82 Å². The van der Waals surface area contributed by atoms with Gasteiger partial charge in [-0.25, -0.2) is 4.39 Å². The molecule has 1 saturated heterocycles. The van der Waals surface area contributed by atoms with Crippen LogP contribution < -0.4 is 10.6 Å². The predicted octanol–water partition coefficient (Wildman–Crippen LogP) is 3.01. The van der Waals surface area contributed by atoms with Gasteiger partial charge in [-0.3, -0.25) is 14.9 Å². The standard InChI is InChI=1S/C22H30FN5O.HI/c1-2-24-22(26-12-10-20-5-3-4-11-25-20)27-17-21(28-13-15-29-16-14-28)18-6-8-19(23)9-7-18;/h3-9,11,21H,2,10,12-17H2,1H3,(H2,24,26,27);1H. The number of ether oxygens (including phenoxy) is 1. The fraction of sp³-hybridized carbons (Fsp3) is 0.455. The number of halogens is 2. The molecule has 1 aromatic carbocycles. The molecule has 1 aliphatic heterocycles. The van der Waals surface area contributed by atoms with Gasteiger partial charge in [-0.2, -0.15) is 0 Å². The highest BCUT2D eigenvalue weighted by Gasteiger charge is 2.22. The van der Waals surface area contributed by atoms with Crippen LogP contribution in [0.4, 0.5) is 4.39 Å². The van der Waals surface area contributed by atoms with Gasteiger partial charge in [0, 0.05) is 44.5 Å². The van der Waals surface area contributed by atoms with Crippen LogP contribution in [-0.4, -0.2) is 61.8 Å². The molecule has 1 unspecified atom stereocenters. The molecule has 0 spiro atoms. The fourth-order valence-corrected chi connectivity index (χ4v) is 3.38. The highest BCUT2D eigenvalue weighted by Crippen LogP contribution is 2.22. The Morgan fingerprint density at radius 2 is 1.93 bits per heavy atom. The van der Waals surface area contributed by atoms with Crippen LogP contribution in [0.1, 0.15) is 24.2 Å². The molecule has 0 amide bonds. The molecule has 1 aromatic heterocycles. The number of aliphatic imine (C=N–C) groups is 1. The molecule has 2 heterocycles. The highest BCUT2D eigenvalue weighted by molar-refractivity contribution is 14.0. The summed E-state index contributed by atoms with van der Waals surface area (Å²) in [6.45, 7) is 7.30. The van der Waals surface area contributed by atoms with Crippen LogP contribution in [0.25, 0.3) is 0 Å². The van der Waals surface area contributed by atoms with E-state index in [0.29, 0.717) is 19.8 Å². The summed E-state index contributed by atoms with van der Waals surface area (Å²) in [6, 6.07) is 12.8. The van der Waals surface area contributed by atoms with Crippen LogP contribution in [-0.2, 0) is 11.2 Å². The minimum Gasteiger partial charge on any atom is -0.379 e. The number of hydrogen-bond acceptors (Lipinski definition) is 4. The first-order valence-electron chi connectivity index (χ1n) is 10.3. The van der Waals surface area contributed by atoms with Crippen LogP contribution in [0.5, 0.6) is 0 Å². The minimum absolute atomic E-state index is 0. The molecule has 164 valence electrons. The molecule has 1 atom stereocenters. The molecular weight excluding hydrogens is 496 g/mol. The van der Waals surface area contributed by atoms with Gasteiger partial charge in [0.2, 0.25) is 0 Å². The number of guanidine groups is 1. The van der Waals surface area contributed by atoms with Crippen molar-refractivity contribution in [2.24, 2.45) is 4.99 Å². The molecule has 2 N–H and O–H groups in total. The summed E-state index contributed by atoms with van der Waals surface area (Å²) in [5, 5.41) is 6.69. The van der Waals surface area contributed by atoms with Gasteiger partial charge in [0.15, 0.2) is 5.96 Å². The Balaban J connectivity index is 0.00000320. The Hall–Kier alpha value is -1.78. The van der Waals surface area contributed by atoms with E-state index in [4.69, 9.17) is 9.73 Å². The normalized spacial score (nSPS) is 15.9. The Morgan fingerprint density at radius 1 is 1.17 bits per heavy atom. The van der Waals surface area contributed by atoms with Gasteiger partial charge < -0.3 is 15.4 Å². The fourth-order valence-electron chi connectivity index (χ4n) is 3.38. The maximum atomic E-state index is 13.4. The van der Waals surface area contributed by atoms with Gasteiger partial charge in [-0.15, -0.1) is 24.0 Å². The van der Waals surface area contributed by atoms with Gasteiger partial charge in [0.25, 0.3) is 0 Å². The smallest absolute Gasteiger partial charge is 0.191 e. The van der Waals surface area contributed by atoms with Crippen molar-refractivity contribution in [3.8, 4) is 0 Å². The van der Waals surface area contributed by atoms with Crippen molar-refractivity contribution < 1.29 is 9.13 Å². The van der Waals surface area contributed by atoms with E-state index in [1.54, 1.807) is 0 Å². The van der Waals surface area contributed by atoms with Crippen molar-refractivity contribution in [3.63, 3.8) is 0 Å². The highest BCUT2D eigenvalue weighted by atomic mass is 127. The second-order valence-electron chi connectivity index (χ2n) is 6.93. The van der Waals surface area contributed by atoms with Gasteiger partial charge >= 0.3 is 0 Å². The lowest BCUT2D eigenvalue weighted by molar-refractivity contribution is 0.0179. The van der Waals surface area contributed by atoms with Crippen molar-refractivity contribution in [1.29, 1.82) is 0 Å². The molecule has 6 nitrogen and oxygen atoms in total. The van der Waals surface area contributed by atoms with Crippen LogP contribution in [0.15, 0.2) is 53.7 Å².